The number of nitriles is 1. The fourth-order valence-electron chi connectivity index (χ4n) is 8.14. The molecule has 0 atom stereocenters. The fraction of sp³-hybridized carbons (Fsp3) is 0.0426. The summed E-state index contributed by atoms with van der Waals surface area (Å²) in [6.45, 7) is 1.69. The Morgan fingerprint density at radius 2 is 1.04 bits per heavy atom. The maximum absolute atomic E-state index is 15.1. The summed E-state index contributed by atoms with van der Waals surface area (Å²) < 4.78 is 49.3. The molecule has 6 aromatic carbocycles. The molecule has 0 radical (unpaired) electrons. The van der Waals surface area contributed by atoms with Crippen LogP contribution >= 0.6 is 0 Å². The van der Waals surface area contributed by atoms with Crippen LogP contribution in [0.3, 0.4) is 0 Å². The number of benzene rings is 6. The lowest BCUT2D eigenvalue weighted by Crippen LogP contribution is -2.10. The van der Waals surface area contributed by atoms with E-state index in [-0.39, 0.29) is 11.1 Å². The zero-order valence-electron chi connectivity index (χ0n) is 30.2. The second-order valence-corrected chi connectivity index (χ2v) is 13.8. The molecule has 0 saturated carbocycles. The Hall–Kier alpha value is -7.64. The highest BCUT2D eigenvalue weighted by Crippen LogP contribution is 2.46. The van der Waals surface area contributed by atoms with E-state index in [0.717, 1.165) is 60.8 Å². The van der Waals surface area contributed by atoms with Gasteiger partial charge in [-0.1, -0.05) is 48.5 Å². The monoisotopic (exact) mass is 747 g/mol. The first-order valence-corrected chi connectivity index (χ1v) is 18.2. The molecular formula is C47H28F3N7. The number of aromatic nitrogens is 6. The molecule has 10 heteroatoms. The summed E-state index contributed by atoms with van der Waals surface area (Å²) >= 11 is 0. The SMILES string of the molecule is Cc1cccc(C(F)(F)F)c1-c1cc(-n2c3ccccc3c3cc(-c4ncccn4)ccc32)c(C#N)cc1-n1c2ccccc2c2cc(-c3ncccn3)ccc21. The number of hydrogen-bond acceptors (Lipinski definition) is 5. The Balaban J connectivity index is 1.32. The molecule has 7 nitrogen and oxygen atoms in total. The van der Waals surface area contributed by atoms with Crippen molar-refractivity contribution in [3.05, 3.63) is 169 Å². The highest BCUT2D eigenvalue weighted by atomic mass is 19.4. The summed E-state index contributed by atoms with van der Waals surface area (Å²) in [5, 5.41) is 14.5. The van der Waals surface area contributed by atoms with Crippen LogP contribution in [0.4, 0.5) is 13.2 Å². The summed E-state index contributed by atoms with van der Waals surface area (Å²) in [6, 6.07) is 41.0. The molecule has 10 aromatic rings. The van der Waals surface area contributed by atoms with E-state index in [9.17, 15) is 5.26 Å². The van der Waals surface area contributed by atoms with Crippen molar-refractivity contribution in [1.29, 1.82) is 5.26 Å². The maximum Gasteiger partial charge on any atom is 0.417 e. The van der Waals surface area contributed by atoms with Crippen molar-refractivity contribution in [2.24, 2.45) is 0 Å². The van der Waals surface area contributed by atoms with Crippen LogP contribution in [0, 0.1) is 18.3 Å². The van der Waals surface area contributed by atoms with Gasteiger partial charge in [0.15, 0.2) is 11.6 Å². The predicted octanol–water partition coefficient (Wildman–Crippen LogP) is 11.7. The molecule has 0 aliphatic carbocycles. The zero-order valence-corrected chi connectivity index (χ0v) is 30.2. The van der Waals surface area contributed by atoms with E-state index in [1.807, 2.05) is 94.1 Å². The number of para-hydroxylation sites is 2. The van der Waals surface area contributed by atoms with Crippen molar-refractivity contribution in [3.8, 4) is 51.3 Å². The normalized spacial score (nSPS) is 11.8. The molecule has 0 aliphatic rings. The first-order chi connectivity index (χ1) is 27.8. The van der Waals surface area contributed by atoms with Crippen molar-refractivity contribution >= 4 is 43.6 Å². The molecule has 0 amide bonds. The molecule has 0 fully saturated rings. The average molecular weight is 748 g/mol. The Kier molecular flexibility index (Phi) is 7.73. The Morgan fingerprint density at radius 3 is 1.56 bits per heavy atom. The van der Waals surface area contributed by atoms with Crippen molar-refractivity contribution < 1.29 is 13.2 Å². The lowest BCUT2D eigenvalue weighted by Gasteiger charge is -2.22. The number of aryl methyl sites for hydroxylation is 1. The van der Waals surface area contributed by atoms with Gasteiger partial charge in [-0.2, -0.15) is 18.4 Å². The van der Waals surface area contributed by atoms with E-state index < -0.39 is 11.7 Å². The van der Waals surface area contributed by atoms with Gasteiger partial charge < -0.3 is 9.13 Å². The third-order valence-corrected chi connectivity index (χ3v) is 10.6. The maximum atomic E-state index is 15.1. The summed E-state index contributed by atoms with van der Waals surface area (Å²) in [4.78, 5) is 17.8. The van der Waals surface area contributed by atoms with Crippen molar-refractivity contribution in [1.82, 2.24) is 29.1 Å². The molecule has 0 aliphatic heterocycles. The molecule has 0 spiro atoms. The molecule has 0 saturated heterocycles. The van der Waals surface area contributed by atoms with E-state index in [1.165, 1.54) is 6.07 Å². The van der Waals surface area contributed by atoms with Crippen molar-refractivity contribution in [2.45, 2.75) is 13.1 Å². The number of fused-ring (bicyclic) bond motifs is 6. The molecule has 272 valence electrons. The minimum atomic E-state index is -4.67. The van der Waals surface area contributed by atoms with E-state index in [2.05, 4.69) is 26.0 Å². The molecular weight excluding hydrogens is 720 g/mol. The van der Waals surface area contributed by atoms with Gasteiger partial charge in [-0.05, 0) is 96.9 Å². The summed E-state index contributed by atoms with van der Waals surface area (Å²) in [7, 11) is 0. The Morgan fingerprint density at radius 1 is 0.526 bits per heavy atom. The van der Waals surface area contributed by atoms with Gasteiger partial charge in [-0.3, -0.25) is 0 Å². The van der Waals surface area contributed by atoms with Crippen LogP contribution in [0.2, 0.25) is 0 Å². The summed E-state index contributed by atoms with van der Waals surface area (Å²) in [5.41, 5.74) is 5.92. The van der Waals surface area contributed by atoms with Crippen LogP contribution in [0.5, 0.6) is 0 Å². The molecule has 0 unspecified atom stereocenters. The van der Waals surface area contributed by atoms with Crippen LogP contribution in [0.25, 0.3) is 88.9 Å². The Bertz CT molecular complexity index is 3250. The van der Waals surface area contributed by atoms with Gasteiger partial charge in [0.2, 0.25) is 0 Å². The molecule has 10 rings (SSSR count). The standard InChI is InChI=1S/C47H28F3N7/c1-28-9-6-12-37(47(48,49)50)44(28)36-26-42(56-38-13-4-2-10-32(38)34-23-29(15-17-40(34)56)45-52-19-7-20-53-45)31(27-51)25-43(36)57-39-14-5-3-11-33(39)35-24-30(16-18-41(35)57)46-54-21-8-22-55-46/h2-26H,1H3. The van der Waals surface area contributed by atoms with Crippen LogP contribution in [0.1, 0.15) is 16.7 Å². The van der Waals surface area contributed by atoms with Gasteiger partial charge in [0.25, 0.3) is 0 Å². The number of rotatable bonds is 5. The zero-order chi connectivity index (χ0) is 38.8. The van der Waals surface area contributed by atoms with Crippen LogP contribution < -0.4 is 0 Å². The van der Waals surface area contributed by atoms with Gasteiger partial charge in [0, 0.05) is 63.0 Å². The third kappa shape index (κ3) is 5.43. The Labute approximate surface area is 323 Å². The number of alkyl halides is 3. The van der Waals surface area contributed by atoms with E-state index >= 15 is 13.2 Å². The highest BCUT2D eigenvalue weighted by molar-refractivity contribution is 6.12. The highest BCUT2D eigenvalue weighted by Gasteiger charge is 2.35. The fourth-order valence-corrected chi connectivity index (χ4v) is 8.14. The van der Waals surface area contributed by atoms with Gasteiger partial charge in [0.1, 0.15) is 6.07 Å². The van der Waals surface area contributed by atoms with Crippen LogP contribution in [-0.2, 0) is 6.18 Å². The second kappa shape index (κ2) is 13.0. The van der Waals surface area contributed by atoms with Crippen molar-refractivity contribution in [2.75, 3.05) is 0 Å². The van der Waals surface area contributed by atoms with Crippen LogP contribution in [0.15, 0.2) is 152 Å². The number of nitrogens with zero attached hydrogens (tertiary/aromatic N) is 7. The summed E-state index contributed by atoms with van der Waals surface area (Å²) in [5.74, 6) is 1.12. The lowest BCUT2D eigenvalue weighted by atomic mass is 9.91. The molecule has 4 aromatic heterocycles. The summed E-state index contributed by atoms with van der Waals surface area (Å²) in [6.07, 6.45) is 2.07. The van der Waals surface area contributed by atoms with Gasteiger partial charge in [-0.25, -0.2) is 19.9 Å². The minimum absolute atomic E-state index is 0.0373. The minimum Gasteiger partial charge on any atom is -0.309 e. The predicted molar refractivity (Wildman–Crippen MR) is 217 cm³/mol. The molecule has 0 N–H and O–H groups in total. The second-order valence-electron chi connectivity index (χ2n) is 13.8. The van der Waals surface area contributed by atoms with Crippen molar-refractivity contribution in [3.63, 3.8) is 0 Å². The van der Waals surface area contributed by atoms with E-state index in [1.54, 1.807) is 62.0 Å². The van der Waals surface area contributed by atoms with Gasteiger partial charge in [-0.15, -0.1) is 0 Å². The molecule has 57 heavy (non-hydrogen) atoms. The lowest BCUT2D eigenvalue weighted by molar-refractivity contribution is -0.137. The largest absolute Gasteiger partial charge is 0.417 e. The molecule has 4 heterocycles. The third-order valence-electron chi connectivity index (χ3n) is 10.6. The van der Waals surface area contributed by atoms with Gasteiger partial charge >= 0.3 is 6.18 Å². The van der Waals surface area contributed by atoms with Gasteiger partial charge in [0.05, 0.1) is 44.6 Å². The smallest absolute Gasteiger partial charge is 0.309 e. The number of halogens is 3. The first-order valence-electron chi connectivity index (χ1n) is 18.2. The topological polar surface area (TPSA) is 85.2 Å². The van der Waals surface area contributed by atoms with E-state index in [4.69, 9.17) is 0 Å². The first kappa shape index (κ1) is 33.9. The number of hydrogen-bond donors (Lipinski definition) is 0. The van der Waals surface area contributed by atoms with E-state index in [0.29, 0.717) is 34.2 Å². The average Bonchev–Trinajstić information content (AvgIpc) is 3.75. The molecule has 0 bridgehead atoms. The quantitative estimate of drug-likeness (QED) is 0.175. The van der Waals surface area contributed by atoms with Crippen LogP contribution in [-0.4, -0.2) is 29.1 Å².